The van der Waals surface area contributed by atoms with Crippen molar-refractivity contribution in [3.63, 3.8) is 0 Å². The number of guanidine groups is 1. The van der Waals surface area contributed by atoms with E-state index < -0.39 is 0 Å². The number of benzene rings is 1. The Morgan fingerprint density at radius 2 is 2.17 bits per heavy atom. The van der Waals surface area contributed by atoms with Crippen molar-refractivity contribution in [2.45, 2.75) is 19.8 Å². The molecule has 2 rings (SSSR count). The maximum absolute atomic E-state index is 5.46. The van der Waals surface area contributed by atoms with Crippen LogP contribution in [-0.2, 0) is 4.74 Å². The molecule has 0 aromatic heterocycles. The molecule has 1 aromatic rings. The van der Waals surface area contributed by atoms with Crippen LogP contribution in [0.2, 0.25) is 0 Å². The van der Waals surface area contributed by atoms with E-state index in [9.17, 15) is 0 Å². The summed E-state index contributed by atoms with van der Waals surface area (Å²) in [5.41, 5.74) is 1.17. The molecule has 1 aliphatic rings. The summed E-state index contributed by atoms with van der Waals surface area (Å²) in [5.74, 6) is 1.63. The summed E-state index contributed by atoms with van der Waals surface area (Å²) in [6.45, 7) is 7.56. The van der Waals surface area contributed by atoms with Crippen LogP contribution >= 0.6 is 0 Å². The maximum Gasteiger partial charge on any atom is 0.193 e. The minimum Gasteiger partial charge on any atom is -0.385 e. The van der Waals surface area contributed by atoms with Gasteiger partial charge in [-0.2, -0.15) is 0 Å². The molecule has 0 spiro atoms. The molecule has 128 valence electrons. The highest BCUT2D eigenvalue weighted by atomic mass is 16.5. The lowest BCUT2D eigenvalue weighted by atomic mass is 10.1. The molecule has 0 amide bonds. The zero-order valence-corrected chi connectivity index (χ0v) is 14.4. The minimum absolute atomic E-state index is 0.628. The van der Waals surface area contributed by atoms with Crippen molar-refractivity contribution in [3.8, 4) is 0 Å². The number of nitrogens with one attached hydrogen (secondary N) is 2. The van der Waals surface area contributed by atoms with Crippen LogP contribution in [0.3, 0.4) is 0 Å². The van der Waals surface area contributed by atoms with Gasteiger partial charge in [0.2, 0.25) is 0 Å². The molecule has 1 saturated heterocycles. The summed E-state index contributed by atoms with van der Waals surface area (Å²) in [4.78, 5) is 6.97. The maximum atomic E-state index is 5.46. The van der Waals surface area contributed by atoms with Gasteiger partial charge in [0.05, 0.1) is 6.61 Å². The average molecular weight is 318 g/mol. The molecule has 0 bridgehead atoms. The van der Waals surface area contributed by atoms with Crippen molar-refractivity contribution in [1.29, 1.82) is 0 Å². The number of hydrogen-bond donors (Lipinski definition) is 2. The number of aliphatic imine (C=N–C) groups is 1. The lowest BCUT2D eigenvalue weighted by Gasteiger charge is -2.24. The summed E-state index contributed by atoms with van der Waals surface area (Å²) in [6.07, 6.45) is 2.18. The van der Waals surface area contributed by atoms with Crippen molar-refractivity contribution in [1.82, 2.24) is 10.2 Å². The normalized spacial score (nSPS) is 18.0. The molecule has 2 N–H and O–H groups in total. The fourth-order valence-electron chi connectivity index (χ4n) is 2.72. The molecular weight excluding hydrogens is 288 g/mol. The van der Waals surface area contributed by atoms with E-state index in [4.69, 9.17) is 9.73 Å². The SMILES string of the molecule is CCNC(=NCCCNc1ccccc1)N(C)CC1CCOC1. The third-order valence-electron chi connectivity index (χ3n) is 3.95. The lowest BCUT2D eigenvalue weighted by Crippen LogP contribution is -2.41. The van der Waals surface area contributed by atoms with Crippen molar-refractivity contribution >= 4 is 11.6 Å². The molecule has 0 saturated carbocycles. The Bertz CT molecular complexity index is 457. The predicted molar refractivity (Wildman–Crippen MR) is 97.1 cm³/mol. The van der Waals surface area contributed by atoms with E-state index in [1.807, 2.05) is 18.2 Å². The van der Waals surface area contributed by atoms with Gasteiger partial charge in [0, 0.05) is 51.4 Å². The van der Waals surface area contributed by atoms with Crippen LogP contribution in [0.15, 0.2) is 35.3 Å². The van der Waals surface area contributed by atoms with Gasteiger partial charge in [-0.05, 0) is 31.9 Å². The fraction of sp³-hybridized carbons (Fsp3) is 0.611. The Kier molecular flexibility index (Phi) is 7.73. The van der Waals surface area contributed by atoms with Gasteiger partial charge >= 0.3 is 0 Å². The molecule has 0 radical (unpaired) electrons. The molecule has 1 atom stereocenters. The van der Waals surface area contributed by atoms with E-state index in [1.165, 1.54) is 5.69 Å². The van der Waals surface area contributed by atoms with Crippen LogP contribution in [0.5, 0.6) is 0 Å². The van der Waals surface area contributed by atoms with Crippen molar-refractivity contribution in [3.05, 3.63) is 30.3 Å². The van der Waals surface area contributed by atoms with Gasteiger partial charge in [0.15, 0.2) is 5.96 Å². The quantitative estimate of drug-likeness (QED) is 0.439. The number of nitrogens with zero attached hydrogens (tertiary/aromatic N) is 2. The van der Waals surface area contributed by atoms with Crippen LogP contribution in [-0.4, -0.2) is 57.3 Å². The molecule has 1 aromatic carbocycles. The number of ether oxygens (including phenoxy) is 1. The smallest absolute Gasteiger partial charge is 0.193 e. The van der Waals surface area contributed by atoms with E-state index in [1.54, 1.807) is 0 Å². The fourth-order valence-corrected chi connectivity index (χ4v) is 2.72. The summed E-state index contributed by atoms with van der Waals surface area (Å²) in [6, 6.07) is 10.3. The highest BCUT2D eigenvalue weighted by Gasteiger charge is 2.18. The van der Waals surface area contributed by atoms with Crippen molar-refractivity contribution in [2.75, 3.05) is 51.8 Å². The molecule has 1 unspecified atom stereocenters. The van der Waals surface area contributed by atoms with Crippen molar-refractivity contribution in [2.24, 2.45) is 10.9 Å². The Balaban J connectivity index is 1.71. The topological polar surface area (TPSA) is 48.9 Å². The van der Waals surface area contributed by atoms with E-state index in [2.05, 4.69) is 41.6 Å². The first-order chi connectivity index (χ1) is 11.3. The molecule has 5 nitrogen and oxygen atoms in total. The van der Waals surface area contributed by atoms with Crippen LogP contribution in [0.1, 0.15) is 19.8 Å². The van der Waals surface area contributed by atoms with Crippen LogP contribution in [0.4, 0.5) is 5.69 Å². The predicted octanol–water partition coefficient (Wildman–Crippen LogP) is 2.42. The van der Waals surface area contributed by atoms with Gasteiger partial charge in [0.25, 0.3) is 0 Å². The third-order valence-corrected chi connectivity index (χ3v) is 3.95. The number of para-hydroxylation sites is 1. The van der Waals surface area contributed by atoms with Crippen molar-refractivity contribution < 1.29 is 4.74 Å². The first kappa shape index (κ1) is 17.6. The highest BCUT2D eigenvalue weighted by Crippen LogP contribution is 2.13. The van der Waals surface area contributed by atoms with Crippen LogP contribution < -0.4 is 10.6 Å². The molecular formula is C18H30N4O. The second-order valence-electron chi connectivity index (χ2n) is 5.99. The zero-order valence-electron chi connectivity index (χ0n) is 14.4. The van der Waals surface area contributed by atoms with E-state index in [-0.39, 0.29) is 0 Å². The Hall–Kier alpha value is -1.75. The standard InChI is InChI=1S/C18H30N4O/c1-3-19-18(22(2)14-16-10-13-23-15-16)21-12-7-11-20-17-8-5-4-6-9-17/h4-6,8-9,16,20H,3,7,10-15H2,1-2H3,(H,19,21). The monoisotopic (exact) mass is 318 g/mol. The number of hydrogen-bond acceptors (Lipinski definition) is 3. The molecule has 0 aliphatic carbocycles. The highest BCUT2D eigenvalue weighted by molar-refractivity contribution is 5.79. The Morgan fingerprint density at radius 3 is 2.87 bits per heavy atom. The van der Waals surface area contributed by atoms with Gasteiger partial charge < -0.3 is 20.3 Å². The number of rotatable bonds is 8. The summed E-state index contributed by atoms with van der Waals surface area (Å²) < 4.78 is 5.46. The molecule has 23 heavy (non-hydrogen) atoms. The second-order valence-corrected chi connectivity index (χ2v) is 5.99. The molecule has 5 heteroatoms. The summed E-state index contributed by atoms with van der Waals surface area (Å²) in [5, 5.41) is 6.80. The first-order valence-electron chi connectivity index (χ1n) is 8.65. The Morgan fingerprint density at radius 1 is 1.35 bits per heavy atom. The molecule has 1 heterocycles. The third kappa shape index (κ3) is 6.48. The van der Waals surface area contributed by atoms with Crippen LogP contribution in [0.25, 0.3) is 0 Å². The van der Waals surface area contributed by atoms with Gasteiger partial charge in [0.1, 0.15) is 0 Å². The summed E-state index contributed by atoms with van der Waals surface area (Å²) >= 11 is 0. The van der Waals surface area contributed by atoms with Gasteiger partial charge in [-0.3, -0.25) is 4.99 Å². The van der Waals surface area contributed by atoms with E-state index in [0.29, 0.717) is 5.92 Å². The second kappa shape index (κ2) is 10.1. The molecule has 1 fully saturated rings. The van der Waals surface area contributed by atoms with Gasteiger partial charge in [-0.15, -0.1) is 0 Å². The summed E-state index contributed by atoms with van der Waals surface area (Å²) in [7, 11) is 2.11. The minimum atomic E-state index is 0.628. The lowest BCUT2D eigenvalue weighted by molar-refractivity contribution is 0.181. The Labute approximate surface area is 140 Å². The van der Waals surface area contributed by atoms with Gasteiger partial charge in [-0.1, -0.05) is 18.2 Å². The van der Waals surface area contributed by atoms with Crippen LogP contribution in [0, 0.1) is 5.92 Å². The molecule has 1 aliphatic heterocycles. The number of anilines is 1. The van der Waals surface area contributed by atoms with E-state index in [0.717, 1.165) is 58.2 Å². The first-order valence-corrected chi connectivity index (χ1v) is 8.65. The zero-order chi connectivity index (χ0) is 16.3. The average Bonchev–Trinajstić information content (AvgIpc) is 3.07. The van der Waals surface area contributed by atoms with E-state index >= 15 is 0 Å². The largest absolute Gasteiger partial charge is 0.385 e. The van der Waals surface area contributed by atoms with Gasteiger partial charge in [-0.25, -0.2) is 0 Å².